The van der Waals surface area contributed by atoms with Crippen molar-refractivity contribution in [2.75, 3.05) is 13.1 Å². The van der Waals surface area contributed by atoms with Crippen LogP contribution in [0.2, 0.25) is 0 Å². The van der Waals surface area contributed by atoms with Gasteiger partial charge in [0.25, 0.3) is 0 Å². The molecule has 0 N–H and O–H groups in total. The zero-order valence-corrected chi connectivity index (χ0v) is 12.5. The second-order valence-corrected chi connectivity index (χ2v) is 6.77. The molecule has 2 rings (SSSR count). The van der Waals surface area contributed by atoms with Gasteiger partial charge in [0.1, 0.15) is 5.03 Å². The molecule has 0 aromatic carbocycles. The molecule has 1 unspecified atom stereocenters. The van der Waals surface area contributed by atoms with Crippen molar-refractivity contribution in [3.8, 4) is 0 Å². The SMILES string of the molecule is CCN1CCCCC1c1cccnc1SC(C)C. The van der Waals surface area contributed by atoms with Crippen LogP contribution in [0.5, 0.6) is 0 Å². The van der Waals surface area contributed by atoms with E-state index in [1.165, 1.54) is 36.4 Å². The second-order valence-electron chi connectivity index (χ2n) is 5.20. The normalized spacial score (nSPS) is 21.4. The summed E-state index contributed by atoms with van der Waals surface area (Å²) in [5.74, 6) is 0. The summed E-state index contributed by atoms with van der Waals surface area (Å²) < 4.78 is 0. The van der Waals surface area contributed by atoms with Crippen LogP contribution in [0.15, 0.2) is 23.4 Å². The highest BCUT2D eigenvalue weighted by Crippen LogP contribution is 2.36. The summed E-state index contributed by atoms with van der Waals surface area (Å²) in [6, 6.07) is 4.94. The van der Waals surface area contributed by atoms with Crippen LogP contribution in [0.3, 0.4) is 0 Å². The molecule has 0 saturated carbocycles. The largest absolute Gasteiger partial charge is 0.297 e. The highest BCUT2D eigenvalue weighted by atomic mass is 32.2. The van der Waals surface area contributed by atoms with Crippen molar-refractivity contribution >= 4 is 11.8 Å². The van der Waals surface area contributed by atoms with E-state index in [1.807, 2.05) is 18.0 Å². The molecule has 100 valence electrons. The predicted molar refractivity (Wildman–Crippen MR) is 79.1 cm³/mol. The first-order chi connectivity index (χ1) is 8.72. The first kappa shape index (κ1) is 13.9. The molecule has 1 aliphatic rings. The van der Waals surface area contributed by atoms with Crippen molar-refractivity contribution in [3.63, 3.8) is 0 Å². The molecule has 1 atom stereocenters. The van der Waals surface area contributed by atoms with Crippen molar-refractivity contribution < 1.29 is 0 Å². The maximum atomic E-state index is 4.60. The molecule has 3 heteroatoms. The Morgan fingerprint density at radius 3 is 3.00 bits per heavy atom. The lowest BCUT2D eigenvalue weighted by atomic mass is 9.96. The topological polar surface area (TPSA) is 16.1 Å². The number of aromatic nitrogens is 1. The van der Waals surface area contributed by atoms with Crippen LogP contribution in [0.4, 0.5) is 0 Å². The van der Waals surface area contributed by atoms with E-state index in [4.69, 9.17) is 0 Å². The summed E-state index contributed by atoms with van der Waals surface area (Å²) in [6.45, 7) is 9.13. The molecular weight excluding hydrogens is 240 g/mol. The molecule has 1 fully saturated rings. The molecule has 0 bridgehead atoms. The van der Waals surface area contributed by atoms with Gasteiger partial charge < -0.3 is 0 Å². The standard InChI is InChI=1S/C15H24N2S/c1-4-17-11-6-5-9-14(17)13-8-7-10-16-15(13)18-12(2)3/h7-8,10,12,14H,4-6,9,11H2,1-3H3. The summed E-state index contributed by atoms with van der Waals surface area (Å²) in [6.07, 6.45) is 5.90. The van der Waals surface area contributed by atoms with Crippen molar-refractivity contribution in [2.45, 2.75) is 56.4 Å². The highest BCUT2D eigenvalue weighted by Gasteiger charge is 2.25. The number of likely N-dealkylation sites (tertiary alicyclic amines) is 1. The molecule has 2 heterocycles. The summed E-state index contributed by atoms with van der Waals surface area (Å²) in [4.78, 5) is 7.20. The molecule has 0 amide bonds. The van der Waals surface area contributed by atoms with Gasteiger partial charge in [-0.2, -0.15) is 0 Å². The maximum absolute atomic E-state index is 4.60. The smallest absolute Gasteiger partial charge is 0.101 e. The van der Waals surface area contributed by atoms with Gasteiger partial charge in [0.2, 0.25) is 0 Å². The number of pyridine rings is 1. The van der Waals surface area contributed by atoms with E-state index in [1.54, 1.807) is 0 Å². The van der Waals surface area contributed by atoms with E-state index in [2.05, 4.69) is 42.8 Å². The number of hydrogen-bond acceptors (Lipinski definition) is 3. The van der Waals surface area contributed by atoms with Crippen molar-refractivity contribution in [1.82, 2.24) is 9.88 Å². The second kappa shape index (κ2) is 6.58. The number of piperidine rings is 1. The number of rotatable bonds is 4. The fraction of sp³-hybridized carbons (Fsp3) is 0.667. The van der Waals surface area contributed by atoms with Gasteiger partial charge in [0, 0.05) is 23.1 Å². The molecule has 0 spiro atoms. The molecule has 1 aromatic heterocycles. The first-order valence-corrected chi connectivity index (χ1v) is 7.96. The average molecular weight is 264 g/mol. The summed E-state index contributed by atoms with van der Waals surface area (Å²) in [5.41, 5.74) is 1.44. The van der Waals surface area contributed by atoms with Gasteiger partial charge in [-0.25, -0.2) is 4.98 Å². The quantitative estimate of drug-likeness (QED) is 0.761. The molecule has 0 aliphatic carbocycles. The van der Waals surface area contributed by atoms with E-state index < -0.39 is 0 Å². The van der Waals surface area contributed by atoms with E-state index in [-0.39, 0.29) is 0 Å². The van der Waals surface area contributed by atoms with Crippen LogP contribution in [0.1, 0.15) is 51.6 Å². The Hall–Kier alpha value is -0.540. The Kier molecular flexibility index (Phi) is 5.07. The number of hydrogen-bond donors (Lipinski definition) is 0. The average Bonchev–Trinajstić information content (AvgIpc) is 2.39. The monoisotopic (exact) mass is 264 g/mol. The third-order valence-corrected chi connectivity index (χ3v) is 4.56. The van der Waals surface area contributed by atoms with Crippen LogP contribution in [-0.2, 0) is 0 Å². The molecule has 1 saturated heterocycles. The lowest BCUT2D eigenvalue weighted by molar-refractivity contribution is 0.154. The summed E-state index contributed by atoms with van der Waals surface area (Å²) in [5, 5.41) is 1.83. The molecule has 1 aromatic rings. The van der Waals surface area contributed by atoms with Gasteiger partial charge in [-0.1, -0.05) is 33.3 Å². The lowest BCUT2D eigenvalue weighted by Crippen LogP contribution is -2.33. The number of nitrogens with zero attached hydrogens (tertiary/aromatic N) is 2. The zero-order valence-electron chi connectivity index (χ0n) is 11.7. The van der Waals surface area contributed by atoms with Gasteiger partial charge in [-0.05, 0) is 32.0 Å². The predicted octanol–water partition coefficient (Wildman–Crippen LogP) is 4.13. The molecule has 0 radical (unpaired) electrons. The first-order valence-electron chi connectivity index (χ1n) is 7.08. The van der Waals surface area contributed by atoms with Gasteiger partial charge in [-0.15, -0.1) is 11.8 Å². The van der Waals surface area contributed by atoms with Crippen LogP contribution in [0, 0.1) is 0 Å². The molecular formula is C15H24N2S. The van der Waals surface area contributed by atoms with Crippen molar-refractivity contribution in [2.24, 2.45) is 0 Å². The minimum atomic E-state index is 0.582. The van der Waals surface area contributed by atoms with Gasteiger partial charge in [0.05, 0.1) is 0 Å². The van der Waals surface area contributed by atoms with Gasteiger partial charge in [0.15, 0.2) is 0 Å². The zero-order chi connectivity index (χ0) is 13.0. The molecule has 18 heavy (non-hydrogen) atoms. The Morgan fingerprint density at radius 1 is 1.44 bits per heavy atom. The summed E-state index contributed by atoms with van der Waals surface area (Å²) in [7, 11) is 0. The van der Waals surface area contributed by atoms with E-state index in [0.717, 1.165) is 6.54 Å². The lowest BCUT2D eigenvalue weighted by Gasteiger charge is -2.35. The van der Waals surface area contributed by atoms with E-state index in [0.29, 0.717) is 11.3 Å². The van der Waals surface area contributed by atoms with E-state index in [9.17, 15) is 0 Å². The Labute approximate surface area is 115 Å². The fourth-order valence-corrected chi connectivity index (χ4v) is 3.61. The minimum Gasteiger partial charge on any atom is -0.297 e. The Balaban J connectivity index is 2.24. The minimum absolute atomic E-state index is 0.582. The maximum Gasteiger partial charge on any atom is 0.101 e. The van der Waals surface area contributed by atoms with E-state index >= 15 is 0 Å². The third-order valence-electron chi connectivity index (χ3n) is 3.53. The number of thioether (sulfide) groups is 1. The van der Waals surface area contributed by atoms with Crippen LogP contribution < -0.4 is 0 Å². The fourth-order valence-electron chi connectivity index (χ4n) is 2.70. The van der Waals surface area contributed by atoms with Crippen LogP contribution >= 0.6 is 11.8 Å². The Morgan fingerprint density at radius 2 is 2.28 bits per heavy atom. The van der Waals surface area contributed by atoms with Gasteiger partial charge >= 0.3 is 0 Å². The van der Waals surface area contributed by atoms with Crippen LogP contribution in [0.25, 0.3) is 0 Å². The van der Waals surface area contributed by atoms with Crippen molar-refractivity contribution in [1.29, 1.82) is 0 Å². The van der Waals surface area contributed by atoms with Crippen molar-refractivity contribution in [3.05, 3.63) is 23.9 Å². The summed E-state index contributed by atoms with van der Waals surface area (Å²) >= 11 is 1.89. The molecule has 1 aliphatic heterocycles. The van der Waals surface area contributed by atoms with Crippen LogP contribution in [-0.4, -0.2) is 28.2 Å². The highest BCUT2D eigenvalue weighted by molar-refractivity contribution is 7.99. The molecule has 2 nitrogen and oxygen atoms in total. The third kappa shape index (κ3) is 3.27. The Bertz CT molecular complexity index is 379. The van der Waals surface area contributed by atoms with Gasteiger partial charge in [-0.3, -0.25) is 4.90 Å².